The van der Waals surface area contributed by atoms with E-state index in [1.807, 2.05) is 17.5 Å². The number of rotatable bonds is 6. The van der Waals surface area contributed by atoms with E-state index in [1.54, 1.807) is 11.3 Å². The van der Waals surface area contributed by atoms with Crippen molar-refractivity contribution in [3.63, 3.8) is 0 Å². The van der Waals surface area contributed by atoms with Crippen LogP contribution in [0.5, 0.6) is 5.06 Å². The molecule has 0 aliphatic rings. The van der Waals surface area contributed by atoms with Gasteiger partial charge in [-0.05, 0) is 30.4 Å². The van der Waals surface area contributed by atoms with E-state index in [4.69, 9.17) is 15.6 Å². The van der Waals surface area contributed by atoms with Gasteiger partial charge in [-0.1, -0.05) is 0 Å². The molecule has 1 aromatic heterocycles. The highest BCUT2D eigenvalue weighted by Crippen LogP contribution is 2.18. The van der Waals surface area contributed by atoms with Crippen molar-refractivity contribution in [1.82, 2.24) is 0 Å². The maximum atomic E-state index is 9.14. The fraction of sp³-hybridized carbons (Fsp3) is 0.556. The van der Waals surface area contributed by atoms with Crippen LogP contribution in [0.25, 0.3) is 0 Å². The summed E-state index contributed by atoms with van der Waals surface area (Å²) in [5.41, 5.74) is 5.26. The van der Waals surface area contributed by atoms with Crippen molar-refractivity contribution in [2.45, 2.75) is 18.9 Å². The van der Waals surface area contributed by atoms with E-state index in [1.165, 1.54) is 0 Å². The Hall–Kier alpha value is -0.580. The Morgan fingerprint density at radius 1 is 1.62 bits per heavy atom. The van der Waals surface area contributed by atoms with Crippen molar-refractivity contribution in [3.05, 3.63) is 17.5 Å². The molecule has 3 N–H and O–H groups in total. The van der Waals surface area contributed by atoms with Gasteiger partial charge in [-0.25, -0.2) is 0 Å². The average molecular weight is 201 g/mol. The fourth-order valence-corrected chi connectivity index (χ4v) is 1.55. The maximum absolute atomic E-state index is 9.14. The Balaban J connectivity index is 2.02. The topological polar surface area (TPSA) is 55.5 Å². The van der Waals surface area contributed by atoms with Crippen LogP contribution in [-0.2, 0) is 0 Å². The van der Waals surface area contributed by atoms with Gasteiger partial charge < -0.3 is 15.6 Å². The second-order valence-electron chi connectivity index (χ2n) is 2.81. The van der Waals surface area contributed by atoms with E-state index in [0.29, 0.717) is 19.6 Å². The fourth-order valence-electron chi connectivity index (χ4n) is 0.955. The zero-order valence-electron chi connectivity index (χ0n) is 7.48. The molecular formula is C9H15NO2S. The molecule has 1 rings (SSSR count). The lowest BCUT2D eigenvalue weighted by Gasteiger charge is -2.07. The van der Waals surface area contributed by atoms with Gasteiger partial charge in [0.2, 0.25) is 0 Å². The summed E-state index contributed by atoms with van der Waals surface area (Å²) in [4.78, 5) is 0. The van der Waals surface area contributed by atoms with Crippen LogP contribution in [0.15, 0.2) is 17.5 Å². The van der Waals surface area contributed by atoms with Crippen LogP contribution >= 0.6 is 11.3 Å². The van der Waals surface area contributed by atoms with Gasteiger partial charge in [-0.2, -0.15) is 0 Å². The van der Waals surface area contributed by atoms with E-state index >= 15 is 0 Å². The number of aliphatic hydroxyl groups excluding tert-OH is 1. The zero-order chi connectivity index (χ0) is 9.52. The van der Waals surface area contributed by atoms with Gasteiger partial charge in [-0.15, -0.1) is 11.3 Å². The Kier molecular flexibility index (Phi) is 4.82. The molecule has 0 spiro atoms. The lowest BCUT2D eigenvalue weighted by molar-refractivity contribution is 0.160. The highest BCUT2D eigenvalue weighted by atomic mass is 32.1. The molecule has 0 saturated heterocycles. The Morgan fingerprint density at radius 3 is 3.08 bits per heavy atom. The predicted octanol–water partition coefficient (Wildman–Crippen LogP) is 1.23. The third kappa shape index (κ3) is 4.26. The second-order valence-corrected chi connectivity index (χ2v) is 3.72. The molecule has 0 radical (unpaired) electrons. The van der Waals surface area contributed by atoms with Crippen LogP contribution in [0.4, 0.5) is 0 Å². The third-order valence-corrected chi connectivity index (χ3v) is 2.47. The van der Waals surface area contributed by atoms with Crippen LogP contribution in [-0.4, -0.2) is 24.4 Å². The first kappa shape index (κ1) is 10.5. The van der Waals surface area contributed by atoms with Gasteiger partial charge in [0.25, 0.3) is 0 Å². The number of hydrogen-bond acceptors (Lipinski definition) is 4. The SMILES string of the molecule is NCC(O)CCCOc1cccs1. The quantitative estimate of drug-likeness (QED) is 0.681. The lowest BCUT2D eigenvalue weighted by atomic mass is 10.2. The molecule has 74 valence electrons. The smallest absolute Gasteiger partial charge is 0.173 e. The molecule has 1 aromatic rings. The summed E-state index contributed by atoms with van der Waals surface area (Å²) in [6, 6.07) is 3.89. The summed E-state index contributed by atoms with van der Waals surface area (Å²) < 4.78 is 5.41. The van der Waals surface area contributed by atoms with E-state index in [0.717, 1.165) is 11.5 Å². The molecule has 0 bridgehead atoms. The van der Waals surface area contributed by atoms with E-state index < -0.39 is 0 Å². The van der Waals surface area contributed by atoms with Crippen molar-refractivity contribution in [2.24, 2.45) is 5.73 Å². The van der Waals surface area contributed by atoms with Crippen molar-refractivity contribution in [2.75, 3.05) is 13.2 Å². The van der Waals surface area contributed by atoms with Crippen molar-refractivity contribution < 1.29 is 9.84 Å². The highest BCUT2D eigenvalue weighted by molar-refractivity contribution is 7.11. The van der Waals surface area contributed by atoms with Crippen LogP contribution < -0.4 is 10.5 Å². The standard InChI is InChI=1S/C9H15NO2S/c10-7-8(11)3-1-5-12-9-4-2-6-13-9/h2,4,6,8,11H,1,3,5,7,10H2. The Morgan fingerprint density at radius 2 is 2.46 bits per heavy atom. The maximum Gasteiger partial charge on any atom is 0.173 e. The summed E-state index contributed by atoms with van der Waals surface area (Å²) in [6.45, 7) is 0.983. The van der Waals surface area contributed by atoms with Gasteiger partial charge in [0, 0.05) is 6.54 Å². The number of hydrogen-bond donors (Lipinski definition) is 2. The van der Waals surface area contributed by atoms with Crippen molar-refractivity contribution >= 4 is 11.3 Å². The minimum atomic E-state index is -0.382. The monoisotopic (exact) mass is 201 g/mol. The van der Waals surface area contributed by atoms with Crippen LogP contribution in [0.2, 0.25) is 0 Å². The first-order valence-electron chi connectivity index (χ1n) is 4.37. The summed E-state index contributed by atoms with van der Waals surface area (Å²) in [6.07, 6.45) is 1.17. The first-order chi connectivity index (χ1) is 6.33. The van der Waals surface area contributed by atoms with E-state index in [2.05, 4.69) is 0 Å². The number of thiophene rings is 1. The van der Waals surface area contributed by atoms with Gasteiger partial charge in [0.15, 0.2) is 5.06 Å². The van der Waals surface area contributed by atoms with Gasteiger partial charge >= 0.3 is 0 Å². The summed E-state index contributed by atoms with van der Waals surface area (Å²) in [5, 5.41) is 12.0. The molecule has 3 nitrogen and oxygen atoms in total. The summed E-state index contributed by atoms with van der Waals surface area (Å²) >= 11 is 1.58. The molecule has 0 aromatic carbocycles. The largest absolute Gasteiger partial charge is 0.484 e. The molecule has 0 aliphatic carbocycles. The molecular weight excluding hydrogens is 186 g/mol. The molecule has 4 heteroatoms. The van der Waals surface area contributed by atoms with Crippen LogP contribution in [0, 0.1) is 0 Å². The third-order valence-electron chi connectivity index (χ3n) is 1.69. The molecule has 0 amide bonds. The van der Waals surface area contributed by atoms with Crippen molar-refractivity contribution in [1.29, 1.82) is 0 Å². The minimum absolute atomic E-state index is 0.332. The summed E-state index contributed by atoms with van der Waals surface area (Å²) in [5.74, 6) is 0. The molecule has 0 fully saturated rings. The van der Waals surface area contributed by atoms with Crippen LogP contribution in [0.3, 0.4) is 0 Å². The number of nitrogens with two attached hydrogens (primary N) is 1. The highest BCUT2D eigenvalue weighted by Gasteiger charge is 2.00. The van der Waals surface area contributed by atoms with E-state index in [-0.39, 0.29) is 6.10 Å². The lowest BCUT2D eigenvalue weighted by Crippen LogP contribution is -2.20. The van der Waals surface area contributed by atoms with Gasteiger partial charge in [0.05, 0.1) is 12.7 Å². The normalized spacial score (nSPS) is 12.8. The van der Waals surface area contributed by atoms with Crippen molar-refractivity contribution in [3.8, 4) is 5.06 Å². The minimum Gasteiger partial charge on any atom is -0.484 e. The predicted molar refractivity (Wildman–Crippen MR) is 54.1 cm³/mol. The number of aliphatic hydroxyl groups is 1. The second kappa shape index (κ2) is 5.96. The summed E-state index contributed by atoms with van der Waals surface area (Å²) in [7, 11) is 0. The zero-order valence-corrected chi connectivity index (χ0v) is 8.30. The molecule has 1 atom stereocenters. The molecule has 13 heavy (non-hydrogen) atoms. The molecule has 1 unspecified atom stereocenters. The molecule has 0 aliphatic heterocycles. The van der Waals surface area contributed by atoms with Gasteiger partial charge in [0.1, 0.15) is 0 Å². The Bertz CT molecular complexity index is 213. The average Bonchev–Trinajstić information content (AvgIpc) is 2.64. The Labute approximate surface area is 82.1 Å². The first-order valence-corrected chi connectivity index (χ1v) is 5.25. The number of ether oxygens (including phenoxy) is 1. The molecule has 1 heterocycles. The molecule has 0 saturated carbocycles. The van der Waals surface area contributed by atoms with Gasteiger partial charge in [-0.3, -0.25) is 0 Å². The van der Waals surface area contributed by atoms with Crippen LogP contribution in [0.1, 0.15) is 12.8 Å². The van der Waals surface area contributed by atoms with E-state index in [9.17, 15) is 0 Å².